The van der Waals surface area contributed by atoms with E-state index in [1.54, 1.807) is 0 Å². The van der Waals surface area contributed by atoms with Gasteiger partial charge >= 0.3 is 11.8 Å². The first kappa shape index (κ1) is 22.8. The molecule has 2 aromatic rings. The maximum atomic E-state index is 12.5. The van der Waals surface area contributed by atoms with Crippen molar-refractivity contribution in [3.05, 3.63) is 65.7 Å². The van der Waals surface area contributed by atoms with Gasteiger partial charge in [0.15, 0.2) is 0 Å². The van der Waals surface area contributed by atoms with E-state index in [4.69, 9.17) is 4.74 Å². The minimum atomic E-state index is -0.616. The maximum Gasteiger partial charge on any atom is 0.309 e. The second-order valence-electron chi connectivity index (χ2n) is 8.13. The summed E-state index contributed by atoms with van der Waals surface area (Å²) >= 11 is 0. The number of amides is 2. The van der Waals surface area contributed by atoms with Gasteiger partial charge in [-0.15, -0.1) is 0 Å². The highest BCUT2D eigenvalue weighted by Gasteiger charge is 2.28. The Bertz CT molecular complexity index is 849. The van der Waals surface area contributed by atoms with Crippen LogP contribution < -0.4 is 20.4 Å². The van der Waals surface area contributed by atoms with Gasteiger partial charge in [0.1, 0.15) is 19.1 Å². The number of ether oxygens (including phenoxy) is 1. The summed E-state index contributed by atoms with van der Waals surface area (Å²) in [7, 11) is 4.02. The van der Waals surface area contributed by atoms with E-state index in [9.17, 15) is 9.59 Å². The number of anilines is 1. The Balaban J connectivity index is 1.63. The van der Waals surface area contributed by atoms with Crippen molar-refractivity contribution >= 4 is 17.5 Å². The van der Waals surface area contributed by atoms with Crippen LogP contribution in [0.4, 0.5) is 5.69 Å². The predicted octanol–water partition coefficient (Wildman–Crippen LogP) is 0.702. The van der Waals surface area contributed by atoms with Crippen molar-refractivity contribution in [1.29, 1.82) is 0 Å². The standard InChI is InChI=1S/C24H32N4O3/c1-18(19-7-5-4-6-8-19)26-24(30)23(29)25-17-22(28-13-15-31-16-14-28)20-9-11-21(12-10-20)27(2)3/h4-12,18,22H,13-17H2,1-3H3,(H,25,29)(H,26,30)/p+1/t18-,22-/m0/s1. The first-order valence-corrected chi connectivity index (χ1v) is 10.8. The van der Waals surface area contributed by atoms with Gasteiger partial charge in [0.05, 0.1) is 25.8 Å². The highest BCUT2D eigenvalue weighted by atomic mass is 16.5. The molecule has 0 aliphatic carbocycles. The van der Waals surface area contributed by atoms with Crippen molar-refractivity contribution in [2.75, 3.05) is 51.8 Å². The lowest BCUT2D eigenvalue weighted by atomic mass is 10.0. The molecule has 0 unspecified atom stereocenters. The molecule has 31 heavy (non-hydrogen) atoms. The molecule has 2 aromatic carbocycles. The number of hydrogen-bond donors (Lipinski definition) is 3. The number of carbonyl (C=O) groups is 2. The van der Waals surface area contributed by atoms with Gasteiger partial charge in [-0.3, -0.25) is 9.59 Å². The fraction of sp³-hybridized carbons (Fsp3) is 0.417. The predicted molar refractivity (Wildman–Crippen MR) is 121 cm³/mol. The summed E-state index contributed by atoms with van der Waals surface area (Å²) in [6, 6.07) is 17.8. The van der Waals surface area contributed by atoms with Gasteiger partial charge in [0.2, 0.25) is 0 Å². The highest BCUT2D eigenvalue weighted by Crippen LogP contribution is 2.16. The van der Waals surface area contributed by atoms with E-state index >= 15 is 0 Å². The molecule has 3 rings (SSSR count). The highest BCUT2D eigenvalue weighted by molar-refractivity contribution is 6.35. The summed E-state index contributed by atoms with van der Waals surface area (Å²) in [5.74, 6) is -1.22. The second kappa shape index (κ2) is 10.9. The molecule has 2 atom stereocenters. The summed E-state index contributed by atoms with van der Waals surface area (Å²) < 4.78 is 5.51. The van der Waals surface area contributed by atoms with E-state index in [1.165, 1.54) is 4.90 Å². The summed E-state index contributed by atoms with van der Waals surface area (Å²) in [5, 5.41) is 5.63. The van der Waals surface area contributed by atoms with Gasteiger partial charge in [0.25, 0.3) is 0 Å². The largest absolute Gasteiger partial charge is 0.378 e. The first-order chi connectivity index (χ1) is 15.0. The fourth-order valence-electron chi connectivity index (χ4n) is 3.85. The SMILES string of the molecule is C[C@H](NC(=O)C(=O)NC[C@@H](c1ccc(N(C)C)cc1)[NH+]1CCOCC1)c1ccccc1. The van der Waals surface area contributed by atoms with Crippen LogP contribution in [0.1, 0.15) is 30.1 Å². The normalized spacial score (nSPS) is 16.2. The van der Waals surface area contributed by atoms with E-state index in [0.29, 0.717) is 19.8 Å². The molecular weight excluding hydrogens is 392 g/mol. The van der Waals surface area contributed by atoms with Crippen molar-refractivity contribution < 1.29 is 19.2 Å². The number of morpholine rings is 1. The van der Waals surface area contributed by atoms with Crippen LogP contribution in [0.25, 0.3) is 0 Å². The average Bonchev–Trinajstić information content (AvgIpc) is 2.80. The van der Waals surface area contributed by atoms with Crippen LogP contribution >= 0.6 is 0 Å². The monoisotopic (exact) mass is 425 g/mol. The summed E-state index contributed by atoms with van der Waals surface area (Å²) in [5.41, 5.74) is 3.22. The van der Waals surface area contributed by atoms with Crippen LogP contribution in [-0.2, 0) is 14.3 Å². The average molecular weight is 426 g/mol. The number of nitrogens with zero attached hydrogens (tertiary/aromatic N) is 1. The number of benzene rings is 2. The number of nitrogens with one attached hydrogen (secondary N) is 3. The van der Waals surface area contributed by atoms with Crippen LogP contribution in [0.2, 0.25) is 0 Å². The van der Waals surface area contributed by atoms with Crippen LogP contribution in [0.3, 0.4) is 0 Å². The molecule has 1 aliphatic rings. The van der Waals surface area contributed by atoms with Crippen molar-refractivity contribution in [3.63, 3.8) is 0 Å². The molecule has 166 valence electrons. The van der Waals surface area contributed by atoms with Gasteiger partial charge in [0, 0.05) is 25.3 Å². The number of hydrogen-bond acceptors (Lipinski definition) is 4. The van der Waals surface area contributed by atoms with E-state index in [-0.39, 0.29) is 12.1 Å². The Morgan fingerprint density at radius 2 is 1.61 bits per heavy atom. The Morgan fingerprint density at radius 3 is 2.23 bits per heavy atom. The molecule has 0 aromatic heterocycles. The van der Waals surface area contributed by atoms with Crippen LogP contribution in [-0.4, -0.2) is 58.8 Å². The quantitative estimate of drug-likeness (QED) is 0.571. The molecule has 0 spiro atoms. The smallest absolute Gasteiger partial charge is 0.309 e. The topological polar surface area (TPSA) is 75.1 Å². The number of quaternary nitrogens is 1. The molecule has 1 heterocycles. The lowest BCUT2D eigenvalue weighted by Gasteiger charge is -2.32. The lowest BCUT2D eigenvalue weighted by Crippen LogP contribution is -3.15. The van der Waals surface area contributed by atoms with Crippen molar-refractivity contribution in [3.8, 4) is 0 Å². The lowest BCUT2D eigenvalue weighted by molar-refractivity contribution is -0.937. The second-order valence-corrected chi connectivity index (χ2v) is 8.13. The number of carbonyl (C=O) groups excluding carboxylic acids is 2. The molecule has 0 bridgehead atoms. The van der Waals surface area contributed by atoms with Crippen molar-refractivity contribution in [2.45, 2.75) is 19.0 Å². The number of rotatable bonds is 7. The molecule has 7 nitrogen and oxygen atoms in total. The molecule has 1 aliphatic heterocycles. The minimum absolute atomic E-state index is 0.0587. The zero-order chi connectivity index (χ0) is 22.2. The zero-order valence-corrected chi connectivity index (χ0v) is 18.6. The van der Waals surface area contributed by atoms with Gasteiger partial charge in [-0.2, -0.15) is 0 Å². The molecule has 1 saturated heterocycles. The van der Waals surface area contributed by atoms with Crippen molar-refractivity contribution in [2.24, 2.45) is 0 Å². The van der Waals surface area contributed by atoms with Gasteiger partial charge in [-0.25, -0.2) is 0 Å². The van der Waals surface area contributed by atoms with Crippen LogP contribution in [0, 0.1) is 0 Å². The van der Waals surface area contributed by atoms with E-state index in [1.807, 2.05) is 51.4 Å². The van der Waals surface area contributed by atoms with Gasteiger partial charge in [-0.05, 0) is 24.6 Å². The Labute approximate surface area is 184 Å². The third-order valence-electron chi connectivity index (χ3n) is 5.76. The molecular formula is C24H33N4O3+. The maximum absolute atomic E-state index is 12.5. The van der Waals surface area contributed by atoms with E-state index in [0.717, 1.165) is 29.9 Å². The first-order valence-electron chi connectivity index (χ1n) is 10.8. The molecule has 0 radical (unpaired) electrons. The Morgan fingerprint density at radius 1 is 0.968 bits per heavy atom. The molecule has 0 saturated carbocycles. The van der Waals surface area contributed by atoms with Crippen LogP contribution in [0.15, 0.2) is 54.6 Å². The molecule has 1 fully saturated rings. The molecule has 2 amide bonds. The molecule has 3 N–H and O–H groups in total. The Hall–Kier alpha value is -2.90. The third kappa shape index (κ3) is 6.29. The van der Waals surface area contributed by atoms with Gasteiger partial charge in [-0.1, -0.05) is 42.5 Å². The minimum Gasteiger partial charge on any atom is -0.378 e. The summed E-state index contributed by atoms with van der Waals surface area (Å²) in [4.78, 5) is 28.3. The van der Waals surface area contributed by atoms with Crippen molar-refractivity contribution in [1.82, 2.24) is 10.6 Å². The zero-order valence-electron chi connectivity index (χ0n) is 18.6. The fourth-order valence-corrected chi connectivity index (χ4v) is 3.85. The summed E-state index contributed by atoms with van der Waals surface area (Å²) in [6.07, 6.45) is 0. The van der Waals surface area contributed by atoms with E-state index in [2.05, 4.69) is 39.8 Å². The Kier molecular flexibility index (Phi) is 8.03. The third-order valence-corrected chi connectivity index (χ3v) is 5.76. The summed E-state index contributed by atoms with van der Waals surface area (Å²) in [6.45, 7) is 5.39. The molecule has 7 heteroatoms. The van der Waals surface area contributed by atoms with Crippen LogP contribution in [0.5, 0.6) is 0 Å². The van der Waals surface area contributed by atoms with E-state index < -0.39 is 11.8 Å². The van der Waals surface area contributed by atoms with Gasteiger partial charge < -0.3 is 25.2 Å².